The zero-order valence-corrected chi connectivity index (χ0v) is 9.51. The molecule has 0 bridgehead atoms. The molecule has 1 fully saturated rings. The van der Waals surface area contributed by atoms with E-state index < -0.39 is 0 Å². The van der Waals surface area contributed by atoms with Crippen LogP contribution in [0.2, 0.25) is 0 Å². The molecule has 2 atom stereocenters. The van der Waals surface area contributed by atoms with E-state index in [4.69, 9.17) is 0 Å². The van der Waals surface area contributed by atoms with E-state index in [1.807, 2.05) is 0 Å². The van der Waals surface area contributed by atoms with E-state index in [2.05, 4.69) is 37.9 Å². The van der Waals surface area contributed by atoms with Gasteiger partial charge in [0.05, 0.1) is 0 Å². The molecular weight excluding hydrogens is 160 g/mol. The largest absolute Gasteiger partial charge is 0.313 e. The van der Waals surface area contributed by atoms with Crippen LogP contribution in [0.25, 0.3) is 0 Å². The first-order valence-electron chi connectivity index (χ1n) is 5.62. The Labute approximate surface area is 82.7 Å². The zero-order chi connectivity index (χ0) is 9.84. The van der Waals surface area contributed by atoms with Gasteiger partial charge in [-0.05, 0) is 25.8 Å². The second-order valence-corrected chi connectivity index (χ2v) is 4.52. The van der Waals surface area contributed by atoms with Gasteiger partial charge in [0.15, 0.2) is 0 Å². The highest BCUT2D eigenvalue weighted by atomic mass is 15.2. The smallest absolute Gasteiger partial charge is 0.0207 e. The number of likely N-dealkylation sites (N-methyl/N-ethyl adjacent to an activating group) is 1. The van der Waals surface area contributed by atoms with Crippen molar-refractivity contribution < 1.29 is 0 Å². The molecule has 78 valence electrons. The van der Waals surface area contributed by atoms with Crippen LogP contribution in [-0.4, -0.2) is 36.6 Å². The van der Waals surface area contributed by atoms with E-state index in [9.17, 15) is 0 Å². The van der Waals surface area contributed by atoms with E-state index in [0.717, 1.165) is 24.5 Å². The van der Waals surface area contributed by atoms with Crippen LogP contribution < -0.4 is 5.32 Å². The van der Waals surface area contributed by atoms with Gasteiger partial charge in [-0.3, -0.25) is 4.90 Å². The normalized spacial score (nSPS) is 27.0. The van der Waals surface area contributed by atoms with Crippen molar-refractivity contribution in [1.29, 1.82) is 0 Å². The lowest BCUT2D eigenvalue weighted by Crippen LogP contribution is -2.38. The van der Waals surface area contributed by atoms with Gasteiger partial charge in [-0.25, -0.2) is 0 Å². The monoisotopic (exact) mass is 184 g/mol. The summed E-state index contributed by atoms with van der Waals surface area (Å²) in [5.41, 5.74) is 0. The van der Waals surface area contributed by atoms with Crippen LogP contribution in [0.4, 0.5) is 0 Å². The van der Waals surface area contributed by atoms with Crippen molar-refractivity contribution in [3.8, 4) is 0 Å². The van der Waals surface area contributed by atoms with Gasteiger partial charge in [0.1, 0.15) is 0 Å². The molecule has 1 rings (SSSR count). The highest BCUT2D eigenvalue weighted by molar-refractivity contribution is 4.84. The molecule has 2 unspecified atom stereocenters. The van der Waals surface area contributed by atoms with Gasteiger partial charge in [0.2, 0.25) is 0 Å². The first-order chi connectivity index (χ1) is 6.15. The van der Waals surface area contributed by atoms with Gasteiger partial charge in [-0.1, -0.05) is 20.8 Å². The summed E-state index contributed by atoms with van der Waals surface area (Å²) < 4.78 is 0. The Hall–Kier alpha value is -0.0800. The number of hydrogen-bond donors (Lipinski definition) is 1. The molecule has 0 aliphatic carbocycles. The fraction of sp³-hybridized carbons (Fsp3) is 1.00. The predicted molar refractivity (Wildman–Crippen MR) is 58.0 cm³/mol. The van der Waals surface area contributed by atoms with E-state index in [1.54, 1.807) is 0 Å². The average Bonchev–Trinajstić information content (AvgIpc) is 2.52. The maximum atomic E-state index is 3.53. The van der Waals surface area contributed by atoms with Gasteiger partial charge < -0.3 is 5.32 Å². The number of nitrogens with zero attached hydrogens (tertiary/aromatic N) is 1. The van der Waals surface area contributed by atoms with Gasteiger partial charge in [-0.15, -0.1) is 0 Å². The van der Waals surface area contributed by atoms with E-state index >= 15 is 0 Å². The van der Waals surface area contributed by atoms with Crippen LogP contribution >= 0.6 is 0 Å². The minimum absolute atomic E-state index is 0.739. The Kier molecular flexibility index (Phi) is 4.20. The average molecular weight is 184 g/mol. The summed E-state index contributed by atoms with van der Waals surface area (Å²) in [6.45, 7) is 12.8. The van der Waals surface area contributed by atoms with Crippen LogP contribution in [0.3, 0.4) is 0 Å². The van der Waals surface area contributed by atoms with Crippen molar-refractivity contribution in [2.45, 2.75) is 46.2 Å². The minimum Gasteiger partial charge on any atom is -0.313 e. The third kappa shape index (κ3) is 2.96. The van der Waals surface area contributed by atoms with Crippen LogP contribution in [0.5, 0.6) is 0 Å². The Balaban J connectivity index is 2.31. The van der Waals surface area contributed by atoms with Crippen LogP contribution in [0.15, 0.2) is 0 Å². The van der Waals surface area contributed by atoms with Crippen LogP contribution in [0.1, 0.15) is 34.1 Å². The summed E-state index contributed by atoms with van der Waals surface area (Å²) in [4.78, 5) is 2.61. The molecule has 0 aromatic heterocycles. The van der Waals surface area contributed by atoms with Crippen molar-refractivity contribution in [2.24, 2.45) is 5.92 Å². The Morgan fingerprint density at radius 1 is 1.38 bits per heavy atom. The zero-order valence-electron chi connectivity index (χ0n) is 9.51. The standard InChI is InChI=1S/C11H24N2/c1-5-12-11-6-7-13(8-11)10(4)9(2)3/h9-12H,5-8H2,1-4H3. The SMILES string of the molecule is CCNC1CCN(C(C)C(C)C)C1. The second kappa shape index (κ2) is 4.97. The number of likely N-dealkylation sites (tertiary alicyclic amines) is 1. The van der Waals surface area contributed by atoms with Crippen molar-refractivity contribution in [3.63, 3.8) is 0 Å². The Morgan fingerprint density at radius 3 is 2.62 bits per heavy atom. The first-order valence-corrected chi connectivity index (χ1v) is 5.62. The molecule has 13 heavy (non-hydrogen) atoms. The molecule has 0 radical (unpaired) electrons. The van der Waals surface area contributed by atoms with Gasteiger partial charge in [0.25, 0.3) is 0 Å². The summed E-state index contributed by atoms with van der Waals surface area (Å²) in [5, 5.41) is 3.53. The Bertz CT molecular complexity index is 145. The summed E-state index contributed by atoms with van der Waals surface area (Å²) in [7, 11) is 0. The van der Waals surface area contributed by atoms with Gasteiger partial charge in [-0.2, -0.15) is 0 Å². The van der Waals surface area contributed by atoms with Crippen molar-refractivity contribution in [3.05, 3.63) is 0 Å². The van der Waals surface area contributed by atoms with Crippen molar-refractivity contribution >= 4 is 0 Å². The van der Waals surface area contributed by atoms with E-state index in [0.29, 0.717) is 0 Å². The minimum atomic E-state index is 0.739. The maximum absolute atomic E-state index is 3.53. The number of rotatable bonds is 4. The quantitative estimate of drug-likeness (QED) is 0.715. The molecule has 0 saturated carbocycles. The molecule has 0 spiro atoms. The predicted octanol–water partition coefficient (Wildman–Crippen LogP) is 1.71. The number of hydrogen-bond acceptors (Lipinski definition) is 2. The summed E-state index contributed by atoms with van der Waals surface area (Å²) in [6, 6.07) is 1.48. The summed E-state index contributed by atoms with van der Waals surface area (Å²) in [5.74, 6) is 0.778. The molecule has 1 aliphatic rings. The Morgan fingerprint density at radius 2 is 2.08 bits per heavy atom. The maximum Gasteiger partial charge on any atom is 0.0207 e. The topological polar surface area (TPSA) is 15.3 Å². The molecular formula is C11H24N2. The lowest BCUT2D eigenvalue weighted by atomic mass is 10.1. The lowest BCUT2D eigenvalue weighted by molar-refractivity contribution is 0.203. The molecule has 2 heteroatoms. The van der Waals surface area contributed by atoms with Crippen molar-refractivity contribution in [2.75, 3.05) is 19.6 Å². The summed E-state index contributed by atoms with van der Waals surface area (Å²) in [6.07, 6.45) is 1.32. The fourth-order valence-corrected chi connectivity index (χ4v) is 2.03. The highest BCUT2D eigenvalue weighted by Gasteiger charge is 2.26. The van der Waals surface area contributed by atoms with Crippen LogP contribution in [0, 0.1) is 5.92 Å². The van der Waals surface area contributed by atoms with Crippen molar-refractivity contribution in [1.82, 2.24) is 10.2 Å². The van der Waals surface area contributed by atoms with Gasteiger partial charge in [0, 0.05) is 25.2 Å². The molecule has 1 heterocycles. The molecule has 2 nitrogen and oxygen atoms in total. The third-order valence-corrected chi connectivity index (χ3v) is 3.25. The second-order valence-electron chi connectivity index (χ2n) is 4.52. The number of nitrogens with one attached hydrogen (secondary N) is 1. The van der Waals surface area contributed by atoms with Crippen LogP contribution in [-0.2, 0) is 0 Å². The lowest BCUT2D eigenvalue weighted by Gasteiger charge is -2.27. The first kappa shape index (κ1) is 11.0. The van der Waals surface area contributed by atoms with Gasteiger partial charge >= 0.3 is 0 Å². The molecule has 0 aromatic carbocycles. The molecule has 1 N–H and O–H groups in total. The summed E-state index contributed by atoms with van der Waals surface area (Å²) >= 11 is 0. The molecule has 1 aliphatic heterocycles. The molecule has 0 aromatic rings. The fourth-order valence-electron chi connectivity index (χ4n) is 2.03. The molecule has 1 saturated heterocycles. The molecule has 0 amide bonds. The third-order valence-electron chi connectivity index (χ3n) is 3.25. The van der Waals surface area contributed by atoms with E-state index in [-0.39, 0.29) is 0 Å². The highest BCUT2D eigenvalue weighted by Crippen LogP contribution is 2.17. The van der Waals surface area contributed by atoms with E-state index in [1.165, 1.54) is 19.5 Å².